The average Bonchev–Trinajstić information content (AvgIpc) is 2.12. The molecule has 1 N–H and O–H groups in total. The Labute approximate surface area is 83.6 Å². The van der Waals surface area contributed by atoms with Crippen molar-refractivity contribution >= 4 is 11.9 Å². The molecule has 0 aliphatic rings. The first-order valence-corrected chi connectivity index (χ1v) is 4.41. The number of aliphatic carboxylic acids is 1. The van der Waals surface area contributed by atoms with Crippen LogP contribution in [0.1, 0.15) is 20.8 Å². The van der Waals surface area contributed by atoms with Crippen LogP contribution < -0.4 is 0 Å². The van der Waals surface area contributed by atoms with Crippen LogP contribution in [0.4, 0.5) is 0 Å². The normalized spacial score (nSPS) is 11.1. The third kappa shape index (κ3) is 2.99. The summed E-state index contributed by atoms with van der Waals surface area (Å²) >= 11 is 0. The summed E-state index contributed by atoms with van der Waals surface area (Å²) in [5, 5.41) is 8.85. The molecule has 14 heavy (non-hydrogen) atoms. The molecule has 0 fully saturated rings. The predicted molar refractivity (Wildman–Crippen MR) is 51.0 cm³/mol. The van der Waals surface area contributed by atoms with Crippen molar-refractivity contribution in [3.63, 3.8) is 0 Å². The molecule has 5 heteroatoms. The minimum absolute atomic E-state index is 0.0797. The minimum atomic E-state index is -1.20. The lowest BCUT2D eigenvalue weighted by atomic mass is 10.0. The molecule has 0 bridgehead atoms. The van der Waals surface area contributed by atoms with Crippen LogP contribution in [0.5, 0.6) is 0 Å². The van der Waals surface area contributed by atoms with Crippen molar-refractivity contribution in [2.24, 2.45) is 0 Å². The SMILES string of the molecule is CCOCC(=O)N(C)C(C)(C)C(=O)O. The highest BCUT2D eigenvalue weighted by atomic mass is 16.5. The van der Waals surface area contributed by atoms with Gasteiger partial charge in [0.2, 0.25) is 5.91 Å². The number of amides is 1. The van der Waals surface area contributed by atoms with Gasteiger partial charge in [-0.3, -0.25) is 4.79 Å². The van der Waals surface area contributed by atoms with E-state index in [1.165, 1.54) is 25.8 Å². The fraction of sp³-hybridized carbons (Fsp3) is 0.778. The molecule has 0 aromatic rings. The van der Waals surface area contributed by atoms with Crippen LogP contribution in [0.2, 0.25) is 0 Å². The highest BCUT2D eigenvalue weighted by Gasteiger charge is 2.34. The first kappa shape index (κ1) is 12.9. The Balaban J connectivity index is 4.37. The molecule has 0 unspecified atom stereocenters. The van der Waals surface area contributed by atoms with E-state index < -0.39 is 11.5 Å². The van der Waals surface area contributed by atoms with E-state index in [9.17, 15) is 9.59 Å². The Hall–Kier alpha value is -1.10. The zero-order valence-electron chi connectivity index (χ0n) is 9.03. The maximum absolute atomic E-state index is 11.4. The van der Waals surface area contributed by atoms with Gasteiger partial charge in [-0.2, -0.15) is 0 Å². The van der Waals surface area contributed by atoms with E-state index in [1.807, 2.05) is 0 Å². The summed E-state index contributed by atoms with van der Waals surface area (Å²) in [5.41, 5.74) is -1.20. The van der Waals surface area contributed by atoms with Gasteiger partial charge in [-0.25, -0.2) is 4.79 Å². The number of ether oxygens (including phenoxy) is 1. The van der Waals surface area contributed by atoms with E-state index >= 15 is 0 Å². The number of rotatable bonds is 5. The molecular formula is C9H17NO4. The highest BCUT2D eigenvalue weighted by molar-refractivity contribution is 5.86. The van der Waals surface area contributed by atoms with Crippen LogP contribution in [-0.4, -0.2) is 47.7 Å². The maximum Gasteiger partial charge on any atom is 0.329 e. The molecule has 0 atom stereocenters. The van der Waals surface area contributed by atoms with E-state index in [-0.39, 0.29) is 12.5 Å². The smallest absolute Gasteiger partial charge is 0.329 e. The lowest BCUT2D eigenvalue weighted by Gasteiger charge is -2.31. The number of hydrogen-bond donors (Lipinski definition) is 1. The van der Waals surface area contributed by atoms with Gasteiger partial charge in [-0.05, 0) is 20.8 Å². The zero-order chi connectivity index (χ0) is 11.4. The monoisotopic (exact) mass is 203 g/mol. The Morgan fingerprint density at radius 3 is 2.29 bits per heavy atom. The van der Waals surface area contributed by atoms with Crippen molar-refractivity contribution in [3.05, 3.63) is 0 Å². The third-order valence-electron chi connectivity index (χ3n) is 2.17. The van der Waals surface area contributed by atoms with Gasteiger partial charge in [0, 0.05) is 13.7 Å². The third-order valence-corrected chi connectivity index (χ3v) is 2.17. The van der Waals surface area contributed by atoms with Crippen LogP contribution in [0.3, 0.4) is 0 Å². The van der Waals surface area contributed by atoms with E-state index in [1.54, 1.807) is 6.92 Å². The first-order chi connectivity index (χ1) is 6.34. The maximum atomic E-state index is 11.4. The quantitative estimate of drug-likeness (QED) is 0.700. The topological polar surface area (TPSA) is 66.8 Å². The van der Waals surface area contributed by atoms with Crippen molar-refractivity contribution < 1.29 is 19.4 Å². The molecule has 0 aliphatic carbocycles. The summed E-state index contributed by atoms with van der Waals surface area (Å²) < 4.78 is 4.91. The van der Waals surface area contributed by atoms with Gasteiger partial charge in [0.1, 0.15) is 12.1 Å². The lowest BCUT2D eigenvalue weighted by Crippen LogP contribution is -2.51. The fourth-order valence-electron chi connectivity index (χ4n) is 0.741. The van der Waals surface area contributed by atoms with E-state index in [0.29, 0.717) is 6.61 Å². The van der Waals surface area contributed by atoms with Crippen molar-refractivity contribution in [2.75, 3.05) is 20.3 Å². The molecule has 0 aliphatic heterocycles. The number of carbonyl (C=O) groups is 2. The van der Waals surface area contributed by atoms with Crippen LogP contribution >= 0.6 is 0 Å². The van der Waals surface area contributed by atoms with Crippen LogP contribution in [0.25, 0.3) is 0 Å². The van der Waals surface area contributed by atoms with Gasteiger partial charge in [0.25, 0.3) is 0 Å². The molecule has 0 spiro atoms. The largest absolute Gasteiger partial charge is 0.480 e. The number of carbonyl (C=O) groups excluding carboxylic acids is 1. The Kier molecular flexibility index (Phi) is 4.56. The summed E-state index contributed by atoms with van der Waals surface area (Å²) in [4.78, 5) is 23.4. The first-order valence-electron chi connectivity index (χ1n) is 4.41. The minimum Gasteiger partial charge on any atom is -0.480 e. The number of carboxylic acids is 1. The Bertz CT molecular complexity index is 225. The molecule has 0 rings (SSSR count). The lowest BCUT2D eigenvalue weighted by molar-refractivity contribution is -0.157. The van der Waals surface area contributed by atoms with E-state index in [4.69, 9.17) is 9.84 Å². The summed E-state index contributed by atoms with van der Waals surface area (Å²) in [6, 6.07) is 0. The predicted octanol–water partition coefficient (Wildman–Crippen LogP) is 0.344. The highest BCUT2D eigenvalue weighted by Crippen LogP contribution is 2.12. The summed E-state index contributed by atoms with van der Waals surface area (Å²) in [5.74, 6) is -1.37. The second-order valence-corrected chi connectivity index (χ2v) is 3.45. The van der Waals surface area contributed by atoms with Crippen LogP contribution in [0.15, 0.2) is 0 Å². The van der Waals surface area contributed by atoms with Crippen molar-refractivity contribution in [2.45, 2.75) is 26.3 Å². The Morgan fingerprint density at radius 2 is 1.93 bits per heavy atom. The van der Waals surface area contributed by atoms with Crippen LogP contribution in [0, 0.1) is 0 Å². The number of carboxylic acid groups (broad SMARTS) is 1. The van der Waals surface area contributed by atoms with E-state index in [0.717, 1.165) is 0 Å². The van der Waals surface area contributed by atoms with Gasteiger partial charge in [0.15, 0.2) is 0 Å². The Morgan fingerprint density at radius 1 is 1.43 bits per heavy atom. The molecule has 0 saturated carbocycles. The molecule has 0 heterocycles. The number of hydrogen-bond acceptors (Lipinski definition) is 3. The summed E-state index contributed by atoms with van der Waals surface area (Å²) in [7, 11) is 1.45. The van der Waals surface area contributed by atoms with Crippen molar-refractivity contribution in [1.82, 2.24) is 4.90 Å². The van der Waals surface area contributed by atoms with Crippen molar-refractivity contribution in [3.8, 4) is 0 Å². The molecule has 0 aromatic carbocycles. The fourth-order valence-corrected chi connectivity index (χ4v) is 0.741. The molecular weight excluding hydrogens is 186 g/mol. The molecule has 82 valence electrons. The zero-order valence-corrected chi connectivity index (χ0v) is 9.03. The molecule has 0 aromatic heterocycles. The average molecular weight is 203 g/mol. The van der Waals surface area contributed by atoms with Gasteiger partial charge < -0.3 is 14.7 Å². The van der Waals surface area contributed by atoms with Gasteiger partial charge >= 0.3 is 5.97 Å². The second-order valence-electron chi connectivity index (χ2n) is 3.45. The number of nitrogens with zero attached hydrogens (tertiary/aromatic N) is 1. The standard InChI is InChI=1S/C9H17NO4/c1-5-14-6-7(11)10(4)9(2,3)8(12)13/h5-6H2,1-4H3,(H,12,13). The van der Waals surface area contributed by atoms with Gasteiger partial charge in [-0.15, -0.1) is 0 Å². The van der Waals surface area contributed by atoms with E-state index in [2.05, 4.69) is 0 Å². The molecule has 5 nitrogen and oxygen atoms in total. The second kappa shape index (κ2) is 4.95. The van der Waals surface area contributed by atoms with Crippen molar-refractivity contribution in [1.29, 1.82) is 0 Å². The number of likely N-dealkylation sites (N-methyl/N-ethyl adjacent to an activating group) is 1. The van der Waals surface area contributed by atoms with Gasteiger partial charge in [-0.1, -0.05) is 0 Å². The molecule has 0 saturated heterocycles. The van der Waals surface area contributed by atoms with Crippen LogP contribution in [-0.2, 0) is 14.3 Å². The molecule has 1 amide bonds. The van der Waals surface area contributed by atoms with Gasteiger partial charge in [0.05, 0.1) is 0 Å². The summed E-state index contributed by atoms with van der Waals surface area (Å²) in [6.07, 6.45) is 0. The summed E-state index contributed by atoms with van der Waals surface area (Å²) in [6.45, 7) is 5.07. The molecule has 0 radical (unpaired) electrons.